The lowest BCUT2D eigenvalue weighted by molar-refractivity contribution is -0.113. The van der Waals surface area contributed by atoms with Gasteiger partial charge in [0, 0.05) is 0 Å². The lowest BCUT2D eigenvalue weighted by Crippen LogP contribution is -2.24. The van der Waals surface area contributed by atoms with Crippen LogP contribution in [0, 0.1) is 0 Å². The van der Waals surface area contributed by atoms with Crippen LogP contribution in [0.25, 0.3) is 5.69 Å². The molecule has 0 fully saturated rings. The van der Waals surface area contributed by atoms with Crippen LogP contribution < -0.4 is 10.9 Å². The maximum atomic E-state index is 12.2. The molecule has 1 aromatic heterocycles. The van der Waals surface area contributed by atoms with Crippen LogP contribution in [0.5, 0.6) is 0 Å². The summed E-state index contributed by atoms with van der Waals surface area (Å²) in [5.74, 6) is -0.251. The highest BCUT2D eigenvalue weighted by atomic mass is 79.9. The largest absolute Gasteiger partial charge is 0.323 e. The Kier molecular flexibility index (Phi) is 4.49. The monoisotopic (exact) mass is 385 g/mol. The summed E-state index contributed by atoms with van der Waals surface area (Å²) in [6, 6.07) is 9.04. The van der Waals surface area contributed by atoms with E-state index in [9.17, 15) is 9.59 Å². The average Bonchev–Trinajstić information content (AvgIpc) is 2.45. The summed E-state index contributed by atoms with van der Waals surface area (Å²) in [6.07, 6.45) is 1.43. The van der Waals surface area contributed by atoms with E-state index < -0.39 is 0 Å². The summed E-state index contributed by atoms with van der Waals surface area (Å²) in [6.45, 7) is 0. The fourth-order valence-corrected chi connectivity index (χ4v) is 1.97. The molecule has 0 aliphatic carbocycles. The molecule has 0 atom stereocenters. The molecule has 0 unspecified atom stereocenters. The van der Waals surface area contributed by atoms with Gasteiger partial charge in [-0.1, -0.05) is 34.1 Å². The van der Waals surface area contributed by atoms with Crippen molar-refractivity contribution in [3.8, 4) is 5.69 Å². The van der Waals surface area contributed by atoms with Gasteiger partial charge < -0.3 is 5.32 Å². The van der Waals surface area contributed by atoms with Gasteiger partial charge in [-0.15, -0.1) is 0 Å². The smallest absolute Gasteiger partial charge is 0.287 e. The third-order valence-electron chi connectivity index (χ3n) is 2.32. The van der Waals surface area contributed by atoms with Gasteiger partial charge in [0.05, 0.1) is 22.9 Å². The molecule has 1 heterocycles. The third-order valence-corrected chi connectivity index (χ3v) is 3.59. The van der Waals surface area contributed by atoms with Crippen LogP contribution in [0.2, 0.25) is 0 Å². The number of halogens is 2. The molecule has 19 heavy (non-hydrogen) atoms. The molecular weight excluding hydrogens is 378 g/mol. The van der Waals surface area contributed by atoms with Gasteiger partial charge in [-0.05, 0) is 28.1 Å². The number of nitrogens with one attached hydrogen (secondary N) is 1. The molecular formula is C12H9Br2N3O2. The van der Waals surface area contributed by atoms with Gasteiger partial charge in [0.25, 0.3) is 5.56 Å². The minimum atomic E-state index is -0.335. The number of anilines is 1. The SMILES string of the molecule is O=C(CBr)Nc1cnn(-c2ccccc2)c(=O)c1Br. The number of para-hydroxylation sites is 1. The standard InChI is InChI=1S/C12H9Br2N3O2/c13-6-10(18)16-9-7-15-17(12(19)11(9)14)8-4-2-1-3-5-8/h1-5,7H,6H2,(H,16,18). The number of benzene rings is 1. The van der Waals surface area contributed by atoms with E-state index >= 15 is 0 Å². The number of amides is 1. The zero-order valence-corrected chi connectivity index (χ0v) is 12.8. The van der Waals surface area contributed by atoms with Crippen LogP contribution in [0.1, 0.15) is 0 Å². The first-order valence-electron chi connectivity index (χ1n) is 5.32. The number of alkyl halides is 1. The second-order valence-corrected chi connectivity index (χ2v) is 4.96. The predicted octanol–water partition coefficient (Wildman–Crippen LogP) is 2.33. The van der Waals surface area contributed by atoms with E-state index in [0.717, 1.165) is 0 Å². The van der Waals surface area contributed by atoms with Crippen molar-refractivity contribution >= 4 is 43.5 Å². The molecule has 98 valence electrons. The number of nitrogens with zero attached hydrogens (tertiary/aromatic N) is 2. The first-order chi connectivity index (χ1) is 9.13. The summed E-state index contributed by atoms with van der Waals surface area (Å²) < 4.78 is 1.52. The molecule has 1 aromatic carbocycles. The van der Waals surface area contributed by atoms with Gasteiger partial charge in [0.15, 0.2) is 0 Å². The van der Waals surface area contributed by atoms with E-state index in [-0.39, 0.29) is 21.3 Å². The minimum Gasteiger partial charge on any atom is -0.323 e. The average molecular weight is 387 g/mol. The van der Waals surface area contributed by atoms with E-state index in [0.29, 0.717) is 11.4 Å². The van der Waals surface area contributed by atoms with Crippen molar-refractivity contribution in [1.29, 1.82) is 0 Å². The van der Waals surface area contributed by atoms with Gasteiger partial charge in [0.1, 0.15) is 4.47 Å². The number of hydrogen-bond donors (Lipinski definition) is 1. The number of carbonyl (C=O) groups excluding carboxylic acids is 1. The molecule has 0 saturated heterocycles. The molecule has 0 radical (unpaired) electrons. The van der Waals surface area contributed by atoms with Crippen LogP contribution in [0.15, 0.2) is 45.8 Å². The van der Waals surface area contributed by atoms with Crippen LogP contribution in [0.4, 0.5) is 5.69 Å². The molecule has 1 N–H and O–H groups in total. The second kappa shape index (κ2) is 6.12. The highest BCUT2D eigenvalue weighted by Crippen LogP contribution is 2.17. The van der Waals surface area contributed by atoms with Gasteiger partial charge in [-0.25, -0.2) is 0 Å². The summed E-state index contributed by atoms with van der Waals surface area (Å²) >= 11 is 6.22. The number of aromatic nitrogens is 2. The molecule has 2 aromatic rings. The van der Waals surface area contributed by atoms with Crippen molar-refractivity contribution in [1.82, 2.24) is 9.78 Å². The Morgan fingerprint density at radius 1 is 1.32 bits per heavy atom. The van der Waals surface area contributed by atoms with Crippen LogP contribution in [-0.2, 0) is 4.79 Å². The van der Waals surface area contributed by atoms with E-state index in [1.54, 1.807) is 12.1 Å². The Balaban J connectivity index is 2.44. The lowest BCUT2D eigenvalue weighted by Gasteiger charge is -2.08. The van der Waals surface area contributed by atoms with Gasteiger partial charge >= 0.3 is 0 Å². The zero-order chi connectivity index (χ0) is 13.8. The topological polar surface area (TPSA) is 64.0 Å². The van der Waals surface area contributed by atoms with Crippen LogP contribution in [0.3, 0.4) is 0 Å². The molecule has 1 amide bonds. The predicted molar refractivity (Wildman–Crippen MR) is 80.0 cm³/mol. The lowest BCUT2D eigenvalue weighted by atomic mass is 10.3. The maximum Gasteiger partial charge on any atom is 0.287 e. The Bertz CT molecular complexity index is 656. The number of rotatable bonds is 3. The molecule has 7 heteroatoms. The maximum absolute atomic E-state index is 12.2. The molecule has 0 saturated carbocycles. The van der Waals surface area contributed by atoms with Crippen molar-refractivity contribution in [2.75, 3.05) is 10.6 Å². The first kappa shape index (κ1) is 14.0. The normalized spacial score (nSPS) is 10.2. The Hall–Kier alpha value is -1.47. The Labute approximate surface area is 125 Å². The van der Waals surface area contributed by atoms with Crippen molar-refractivity contribution in [2.45, 2.75) is 0 Å². The fraction of sp³-hybridized carbons (Fsp3) is 0.0833. The van der Waals surface area contributed by atoms with Crippen molar-refractivity contribution in [2.24, 2.45) is 0 Å². The van der Waals surface area contributed by atoms with Crippen molar-refractivity contribution < 1.29 is 4.79 Å². The Morgan fingerprint density at radius 3 is 2.63 bits per heavy atom. The summed E-state index contributed by atoms with van der Waals surface area (Å²) in [5, 5.41) is 6.77. The van der Waals surface area contributed by atoms with E-state index in [2.05, 4.69) is 42.3 Å². The third kappa shape index (κ3) is 3.10. The summed E-state index contributed by atoms with van der Waals surface area (Å²) in [5.41, 5.74) is 0.673. The molecule has 2 rings (SSSR count). The van der Waals surface area contributed by atoms with E-state index in [1.807, 2.05) is 18.2 Å². The van der Waals surface area contributed by atoms with Crippen LogP contribution in [-0.4, -0.2) is 21.0 Å². The van der Waals surface area contributed by atoms with Gasteiger partial charge in [-0.2, -0.15) is 9.78 Å². The van der Waals surface area contributed by atoms with E-state index in [4.69, 9.17) is 0 Å². The highest BCUT2D eigenvalue weighted by molar-refractivity contribution is 9.10. The van der Waals surface area contributed by atoms with E-state index in [1.165, 1.54) is 10.9 Å². The van der Waals surface area contributed by atoms with Gasteiger partial charge in [-0.3, -0.25) is 9.59 Å². The summed E-state index contributed by atoms with van der Waals surface area (Å²) in [4.78, 5) is 23.4. The second-order valence-electron chi connectivity index (χ2n) is 3.61. The van der Waals surface area contributed by atoms with Crippen molar-refractivity contribution in [3.05, 3.63) is 51.4 Å². The molecule has 0 spiro atoms. The number of carbonyl (C=O) groups is 1. The molecule has 0 aliphatic heterocycles. The quantitative estimate of drug-likeness (QED) is 0.823. The zero-order valence-electron chi connectivity index (χ0n) is 9.64. The Morgan fingerprint density at radius 2 is 2.00 bits per heavy atom. The molecule has 5 nitrogen and oxygen atoms in total. The molecule has 0 bridgehead atoms. The number of hydrogen-bond acceptors (Lipinski definition) is 3. The minimum absolute atomic E-state index is 0.154. The van der Waals surface area contributed by atoms with Crippen molar-refractivity contribution in [3.63, 3.8) is 0 Å². The highest BCUT2D eigenvalue weighted by Gasteiger charge is 2.11. The molecule has 0 aliphatic rings. The van der Waals surface area contributed by atoms with Gasteiger partial charge in [0.2, 0.25) is 5.91 Å². The first-order valence-corrected chi connectivity index (χ1v) is 7.24. The van der Waals surface area contributed by atoms with Crippen LogP contribution >= 0.6 is 31.9 Å². The summed E-state index contributed by atoms with van der Waals surface area (Å²) in [7, 11) is 0. The fourth-order valence-electron chi connectivity index (χ4n) is 1.46.